The van der Waals surface area contributed by atoms with Gasteiger partial charge in [0.25, 0.3) is 0 Å². The summed E-state index contributed by atoms with van der Waals surface area (Å²) in [5, 5.41) is 10.8. The van der Waals surface area contributed by atoms with Gasteiger partial charge in [0.15, 0.2) is 0 Å². The van der Waals surface area contributed by atoms with Crippen LogP contribution in [-0.2, 0) is 0 Å². The summed E-state index contributed by atoms with van der Waals surface area (Å²) >= 11 is 1.55. The van der Waals surface area contributed by atoms with E-state index in [1.54, 1.807) is 23.5 Å². The van der Waals surface area contributed by atoms with Crippen LogP contribution < -0.4 is 11.1 Å². The van der Waals surface area contributed by atoms with Crippen molar-refractivity contribution in [3.63, 3.8) is 0 Å². The van der Waals surface area contributed by atoms with Gasteiger partial charge in [-0.3, -0.25) is 5.10 Å². The van der Waals surface area contributed by atoms with Crippen LogP contribution in [0.4, 0.5) is 16.2 Å². The number of anilines is 2. The molecule has 6 nitrogen and oxygen atoms in total. The van der Waals surface area contributed by atoms with E-state index < -0.39 is 0 Å². The molecule has 0 amide bonds. The van der Waals surface area contributed by atoms with Gasteiger partial charge >= 0.3 is 0 Å². The van der Waals surface area contributed by atoms with Crippen LogP contribution in [0.25, 0.3) is 20.8 Å². The van der Waals surface area contributed by atoms with Gasteiger partial charge in [0.05, 0.1) is 21.1 Å². The molecule has 1 aliphatic carbocycles. The Hall–Kier alpha value is -3.00. The number of halogens is 1. The van der Waals surface area contributed by atoms with Gasteiger partial charge < -0.3 is 11.1 Å². The maximum Gasteiger partial charge on any atom is 0.225 e. The second-order valence-electron chi connectivity index (χ2n) is 7.16. The van der Waals surface area contributed by atoms with Crippen molar-refractivity contribution in [2.45, 2.75) is 31.7 Å². The number of nitrogens with two attached hydrogens (primary N) is 1. The highest BCUT2D eigenvalue weighted by molar-refractivity contribution is 7.22. The van der Waals surface area contributed by atoms with Gasteiger partial charge in [-0.2, -0.15) is 10.1 Å². The summed E-state index contributed by atoms with van der Waals surface area (Å²) in [7, 11) is 0. The van der Waals surface area contributed by atoms with E-state index >= 15 is 0 Å². The Balaban J connectivity index is 1.43. The number of aromatic amines is 1. The summed E-state index contributed by atoms with van der Waals surface area (Å²) < 4.78 is 14.0. The molecule has 3 aromatic heterocycles. The van der Waals surface area contributed by atoms with Crippen molar-refractivity contribution >= 4 is 33.3 Å². The Morgan fingerprint density at radius 2 is 2.00 bits per heavy atom. The minimum atomic E-state index is -0.258. The Bertz CT molecular complexity index is 1150. The second-order valence-corrected chi connectivity index (χ2v) is 8.21. The number of hydrogen-bond donors (Lipinski definition) is 3. The van der Waals surface area contributed by atoms with Gasteiger partial charge in [-0.1, -0.05) is 12.1 Å². The highest BCUT2D eigenvalue weighted by atomic mass is 32.1. The molecule has 0 saturated heterocycles. The summed E-state index contributed by atoms with van der Waals surface area (Å²) in [4.78, 5) is 10.0. The molecule has 3 heterocycles. The fourth-order valence-electron chi connectivity index (χ4n) is 3.24. The van der Waals surface area contributed by atoms with Crippen molar-refractivity contribution in [1.82, 2.24) is 20.2 Å². The minimum Gasteiger partial charge on any atom is -0.382 e. The van der Waals surface area contributed by atoms with Crippen LogP contribution >= 0.6 is 11.3 Å². The molecule has 1 saturated carbocycles. The topological polar surface area (TPSA) is 92.5 Å². The number of benzene rings is 1. The molecule has 1 atom stereocenters. The molecule has 0 bridgehead atoms. The standard InChI is InChI=1S/C20H19FN6S/c1-10(11-4-6-13(21)7-5-11)23-20-24-16-9-17(28-18(16)19(22)25-20)15-8-14(26-27-15)12-2-3-12/h4-10,12H,2-3H2,1H3,(H,26,27)(H3,22,23,24,25)/t10-/m0/s1. The third-order valence-corrected chi connectivity index (χ3v) is 6.15. The van der Waals surface area contributed by atoms with Crippen molar-refractivity contribution in [2.75, 3.05) is 11.1 Å². The average Bonchev–Trinajstić information content (AvgIpc) is 3.24. The van der Waals surface area contributed by atoms with Crippen molar-refractivity contribution in [1.29, 1.82) is 0 Å². The Kier molecular flexibility index (Phi) is 4.01. The fraction of sp³-hybridized carbons (Fsp3) is 0.250. The molecule has 0 aliphatic heterocycles. The van der Waals surface area contributed by atoms with Gasteiger partial charge in [0.1, 0.15) is 17.3 Å². The molecule has 4 aromatic rings. The lowest BCUT2D eigenvalue weighted by Gasteiger charge is -2.14. The summed E-state index contributed by atoms with van der Waals surface area (Å²) in [6, 6.07) is 10.4. The largest absolute Gasteiger partial charge is 0.382 e. The van der Waals surface area contributed by atoms with E-state index in [9.17, 15) is 4.39 Å². The number of hydrogen-bond acceptors (Lipinski definition) is 6. The van der Waals surface area contributed by atoms with Crippen LogP contribution in [-0.4, -0.2) is 20.2 Å². The number of thiophene rings is 1. The molecule has 0 unspecified atom stereocenters. The van der Waals surface area contributed by atoms with E-state index in [4.69, 9.17) is 5.73 Å². The first-order valence-electron chi connectivity index (χ1n) is 9.21. The third-order valence-electron chi connectivity index (χ3n) is 4.98. The maximum atomic E-state index is 13.1. The van der Waals surface area contributed by atoms with Crippen LogP contribution in [0.5, 0.6) is 0 Å². The van der Waals surface area contributed by atoms with Gasteiger partial charge in [0.2, 0.25) is 5.95 Å². The Labute approximate surface area is 165 Å². The predicted octanol–water partition coefficient (Wildman–Crippen LogP) is 4.85. The van der Waals surface area contributed by atoms with Crippen molar-refractivity contribution in [3.8, 4) is 10.6 Å². The zero-order valence-corrected chi connectivity index (χ0v) is 16.1. The van der Waals surface area contributed by atoms with Crippen molar-refractivity contribution in [3.05, 3.63) is 53.5 Å². The molecule has 0 radical (unpaired) electrons. The molecule has 28 heavy (non-hydrogen) atoms. The van der Waals surface area contributed by atoms with Gasteiger partial charge in [-0.05, 0) is 49.6 Å². The SMILES string of the molecule is C[C@H](Nc1nc(N)c2sc(-c3cc(C4CC4)[nH]n3)cc2n1)c1ccc(F)cc1. The van der Waals surface area contributed by atoms with Gasteiger partial charge in [-0.25, -0.2) is 9.37 Å². The molecular formula is C20H19FN6S. The van der Waals surface area contributed by atoms with E-state index in [-0.39, 0.29) is 11.9 Å². The molecule has 0 spiro atoms. The molecule has 8 heteroatoms. The summed E-state index contributed by atoms with van der Waals surface area (Å²) in [6.07, 6.45) is 2.46. The van der Waals surface area contributed by atoms with Crippen LogP contribution in [0.3, 0.4) is 0 Å². The smallest absolute Gasteiger partial charge is 0.225 e. The molecule has 1 aromatic carbocycles. The van der Waals surface area contributed by atoms with E-state index in [1.807, 2.05) is 13.0 Å². The molecule has 142 valence electrons. The van der Waals surface area contributed by atoms with Crippen molar-refractivity contribution < 1.29 is 4.39 Å². The molecule has 4 N–H and O–H groups in total. The first kappa shape index (κ1) is 17.1. The van der Waals surface area contributed by atoms with E-state index in [0.717, 1.165) is 26.4 Å². The van der Waals surface area contributed by atoms with Gasteiger partial charge in [-0.15, -0.1) is 11.3 Å². The summed E-state index contributed by atoms with van der Waals surface area (Å²) in [5.74, 6) is 1.26. The summed E-state index contributed by atoms with van der Waals surface area (Å²) in [6.45, 7) is 1.97. The number of fused-ring (bicyclic) bond motifs is 1. The highest BCUT2D eigenvalue weighted by Gasteiger charge is 2.26. The van der Waals surface area contributed by atoms with Crippen LogP contribution in [0.1, 0.15) is 43.0 Å². The van der Waals surface area contributed by atoms with Crippen LogP contribution in [0.2, 0.25) is 0 Å². The number of H-pyrrole nitrogens is 1. The zero-order valence-electron chi connectivity index (χ0n) is 15.2. The molecule has 1 aliphatic rings. The minimum absolute atomic E-state index is 0.0806. The first-order chi connectivity index (χ1) is 13.6. The van der Waals surface area contributed by atoms with Gasteiger partial charge in [0, 0.05) is 11.6 Å². The maximum absolute atomic E-state index is 13.1. The number of rotatable bonds is 5. The zero-order chi connectivity index (χ0) is 19.3. The third kappa shape index (κ3) is 3.20. The van der Waals surface area contributed by atoms with E-state index in [0.29, 0.717) is 17.7 Å². The number of nitrogens with one attached hydrogen (secondary N) is 2. The van der Waals surface area contributed by atoms with E-state index in [2.05, 4.69) is 31.5 Å². The lowest BCUT2D eigenvalue weighted by Crippen LogP contribution is -2.10. The monoisotopic (exact) mass is 394 g/mol. The van der Waals surface area contributed by atoms with Crippen LogP contribution in [0.15, 0.2) is 36.4 Å². The van der Waals surface area contributed by atoms with Crippen molar-refractivity contribution in [2.24, 2.45) is 0 Å². The number of aromatic nitrogens is 4. The first-order valence-corrected chi connectivity index (χ1v) is 10.0. The second kappa shape index (κ2) is 6.56. The molecule has 5 rings (SSSR count). The quantitative estimate of drug-likeness (QED) is 0.450. The number of nitrogen functional groups attached to an aromatic ring is 1. The lowest BCUT2D eigenvalue weighted by molar-refractivity contribution is 0.626. The molecule has 1 fully saturated rings. The fourth-order valence-corrected chi connectivity index (χ4v) is 4.20. The van der Waals surface area contributed by atoms with E-state index in [1.165, 1.54) is 30.7 Å². The summed E-state index contributed by atoms with van der Waals surface area (Å²) in [5.41, 5.74) is 10.0. The number of nitrogens with zero attached hydrogens (tertiary/aromatic N) is 3. The Morgan fingerprint density at radius 3 is 2.75 bits per heavy atom. The predicted molar refractivity (Wildman–Crippen MR) is 110 cm³/mol. The Morgan fingerprint density at radius 1 is 1.21 bits per heavy atom. The average molecular weight is 394 g/mol. The normalized spacial score (nSPS) is 15.1. The molecular weight excluding hydrogens is 375 g/mol. The van der Waals surface area contributed by atoms with Crippen LogP contribution in [0, 0.1) is 5.82 Å². The lowest BCUT2D eigenvalue weighted by atomic mass is 10.1. The highest BCUT2D eigenvalue weighted by Crippen LogP contribution is 2.41.